The van der Waals surface area contributed by atoms with Crippen molar-refractivity contribution < 1.29 is 24.4 Å². The third kappa shape index (κ3) is 2.82. The molecule has 1 saturated heterocycles. The molecule has 3 atom stereocenters. The minimum absolute atomic E-state index is 0.0429. The molecule has 0 radical (unpaired) electrons. The van der Waals surface area contributed by atoms with Crippen LogP contribution in [-0.4, -0.2) is 39.0 Å². The van der Waals surface area contributed by atoms with Crippen LogP contribution in [0.3, 0.4) is 0 Å². The zero-order chi connectivity index (χ0) is 19.0. The number of β-lactam (4-membered cyclic amide) rings is 1. The largest absolute Gasteiger partial charge is 0.456 e. The van der Waals surface area contributed by atoms with Gasteiger partial charge in [-0.1, -0.05) is 5.92 Å². The van der Waals surface area contributed by atoms with E-state index in [0.717, 1.165) is 0 Å². The molecule has 2 heterocycles. The molecule has 2 aliphatic heterocycles. The van der Waals surface area contributed by atoms with E-state index in [1.807, 2.05) is 0 Å². The Morgan fingerprint density at radius 1 is 1.50 bits per heavy atom. The van der Waals surface area contributed by atoms with E-state index in [4.69, 9.17) is 11.2 Å². The number of nitro benzene ring substituents is 1. The summed E-state index contributed by atoms with van der Waals surface area (Å²) in [7, 11) is 0. The zero-order valence-electron chi connectivity index (χ0n) is 13.9. The lowest BCUT2D eigenvalue weighted by Crippen LogP contribution is -2.61. The molecule has 8 heteroatoms. The minimum Gasteiger partial charge on any atom is -0.456 e. The number of aliphatic hydroxyl groups is 1. The molecule has 0 bridgehead atoms. The Morgan fingerprint density at radius 2 is 2.15 bits per heavy atom. The van der Waals surface area contributed by atoms with Crippen molar-refractivity contribution in [3.8, 4) is 12.3 Å². The van der Waals surface area contributed by atoms with Crippen molar-refractivity contribution >= 4 is 17.6 Å². The van der Waals surface area contributed by atoms with Crippen LogP contribution in [0.5, 0.6) is 0 Å². The molecule has 1 aromatic rings. The topological polar surface area (TPSA) is 110 Å². The average Bonchev–Trinajstić information content (AvgIpc) is 2.93. The van der Waals surface area contributed by atoms with E-state index in [0.29, 0.717) is 17.6 Å². The summed E-state index contributed by atoms with van der Waals surface area (Å²) in [4.78, 5) is 36.1. The van der Waals surface area contributed by atoms with Gasteiger partial charge in [0.1, 0.15) is 12.3 Å². The molecular formula is C18H16N2O6. The molecule has 3 rings (SSSR count). The molecule has 0 saturated carbocycles. The summed E-state index contributed by atoms with van der Waals surface area (Å²) in [5.74, 6) is 0.776. The number of benzene rings is 1. The highest BCUT2D eigenvalue weighted by molar-refractivity contribution is 6.01. The maximum absolute atomic E-state index is 12.4. The van der Waals surface area contributed by atoms with Crippen LogP contribution in [0.1, 0.15) is 18.9 Å². The summed E-state index contributed by atoms with van der Waals surface area (Å²) in [5.41, 5.74) is 0.922. The fraction of sp³-hybridized carbons (Fsp3) is 0.333. The number of nitro groups is 1. The molecule has 1 aromatic carbocycles. The Morgan fingerprint density at radius 3 is 2.69 bits per heavy atom. The molecule has 2 aliphatic rings. The van der Waals surface area contributed by atoms with E-state index in [2.05, 4.69) is 5.92 Å². The van der Waals surface area contributed by atoms with Crippen LogP contribution in [0.25, 0.3) is 0 Å². The van der Waals surface area contributed by atoms with Crippen LogP contribution >= 0.6 is 0 Å². The lowest BCUT2D eigenvalue weighted by atomic mass is 9.83. The number of ether oxygens (including phenoxy) is 1. The Hall–Kier alpha value is -3.18. The van der Waals surface area contributed by atoms with E-state index in [1.165, 1.54) is 36.1 Å². The first-order valence-corrected chi connectivity index (χ1v) is 7.96. The van der Waals surface area contributed by atoms with Crippen molar-refractivity contribution in [2.45, 2.75) is 32.1 Å². The van der Waals surface area contributed by atoms with Gasteiger partial charge in [0.25, 0.3) is 5.69 Å². The van der Waals surface area contributed by atoms with E-state index >= 15 is 0 Å². The summed E-state index contributed by atoms with van der Waals surface area (Å²) in [6.45, 7) is 1.42. The van der Waals surface area contributed by atoms with E-state index in [-0.39, 0.29) is 29.9 Å². The molecule has 0 aromatic heterocycles. The van der Waals surface area contributed by atoms with E-state index in [1.54, 1.807) is 0 Å². The Kier molecular flexibility index (Phi) is 4.49. The number of terminal acetylenes is 1. The molecule has 0 aliphatic carbocycles. The maximum atomic E-state index is 12.4. The Balaban J connectivity index is 1.70. The zero-order valence-corrected chi connectivity index (χ0v) is 13.9. The van der Waals surface area contributed by atoms with Gasteiger partial charge in [0.05, 0.1) is 23.0 Å². The van der Waals surface area contributed by atoms with Gasteiger partial charge in [-0.3, -0.25) is 14.9 Å². The average molecular weight is 356 g/mol. The molecule has 0 spiro atoms. The van der Waals surface area contributed by atoms with Crippen molar-refractivity contribution in [1.29, 1.82) is 0 Å². The highest BCUT2D eigenvalue weighted by Gasteiger charge is 2.56. The third-order valence-electron chi connectivity index (χ3n) is 4.61. The number of aliphatic hydroxyl groups excluding tert-OH is 1. The van der Waals surface area contributed by atoms with Gasteiger partial charge in [-0.15, -0.1) is 6.42 Å². The minimum atomic E-state index is -0.821. The van der Waals surface area contributed by atoms with E-state index < -0.39 is 22.9 Å². The summed E-state index contributed by atoms with van der Waals surface area (Å²) < 4.78 is 5.22. The monoisotopic (exact) mass is 356 g/mol. The predicted octanol–water partition coefficient (Wildman–Crippen LogP) is 1.14. The first-order chi connectivity index (χ1) is 12.3. The lowest BCUT2D eigenvalue weighted by Gasteiger charge is -2.44. The van der Waals surface area contributed by atoms with Gasteiger partial charge in [-0.2, -0.15) is 0 Å². The number of carbonyl (C=O) groups excluding carboxylic acids is 2. The molecule has 8 nitrogen and oxygen atoms in total. The fourth-order valence-corrected chi connectivity index (χ4v) is 3.32. The van der Waals surface area contributed by atoms with Crippen LogP contribution in [0, 0.1) is 28.4 Å². The number of esters is 1. The van der Waals surface area contributed by atoms with Crippen LogP contribution in [0.15, 0.2) is 35.5 Å². The molecular weight excluding hydrogens is 340 g/mol. The molecule has 0 unspecified atom stereocenters. The van der Waals surface area contributed by atoms with Crippen molar-refractivity contribution in [1.82, 2.24) is 4.90 Å². The number of non-ortho nitro benzene ring substituents is 1. The van der Waals surface area contributed by atoms with Gasteiger partial charge < -0.3 is 14.7 Å². The van der Waals surface area contributed by atoms with Gasteiger partial charge in [0, 0.05) is 24.1 Å². The summed E-state index contributed by atoms with van der Waals surface area (Å²) >= 11 is 0. The predicted molar refractivity (Wildman–Crippen MR) is 89.2 cm³/mol. The van der Waals surface area contributed by atoms with Crippen LogP contribution in [0.2, 0.25) is 0 Å². The van der Waals surface area contributed by atoms with Crippen molar-refractivity contribution in [2.24, 2.45) is 5.92 Å². The SMILES string of the molecule is C#CC1=C(C(=O)OCc2ccc([N+](=O)[O-])cc2)N2C(=O)[C@H]([C@@H](C)O)[C@H]2C1. The van der Waals surface area contributed by atoms with Gasteiger partial charge in [-0.25, -0.2) is 4.79 Å². The summed E-state index contributed by atoms with van der Waals surface area (Å²) in [5, 5.41) is 20.3. The number of amides is 1. The normalized spacial score (nSPS) is 22.3. The van der Waals surface area contributed by atoms with Crippen molar-refractivity contribution in [3.63, 3.8) is 0 Å². The van der Waals surface area contributed by atoms with Crippen molar-refractivity contribution in [2.75, 3.05) is 0 Å². The second kappa shape index (κ2) is 6.61. The van der Waals surface area contributed by atoms with Crippen molar-refractivity contribution in [3.05, 3.63) is 51.2 Å². The highest BCUT2D eigenvalue weighted by Crippen LogP contribution is 2.43. The van der Waals surface area contributed by atoms with Gasteiger partial charge in [-0.05, 0) is 24.6 Å². The number of rotatable bonds is 5. The number of carbonyl (C=O) groups is 2. The molecule has 1 N–H and O–H groups in total. The fourth-order valence-electron chi connectivity index (χ4n) is 3.32. The quantitative estimate of drug-likeness (QED) is 0.278. The maximum Gasteiger partial charge on any atom is 0.356 e. The molecule has 26 heavy (non-hydrogen) atoms. The van der Waals surface area contributed by atoms with Gasteiger partial charge in [0.15, 0.2) is 0 Å². The second-order valence-corrected chi connectivity index (χ2v) is 6.22. The highest BCUT2D eigenvalue weighted by atomic mass is 16.6. The molecule has 1 amide bonds. The number of fused-ring (bicyclic) bond motifs is 1. The lowest BCUT2D eigenvalue weighted by molar-refractivity contribution is -0.384. The second-order valence-electron chi connectivity index (χ2n) is 6.22. The standard InChI is InChI=1S/C18H16N2O6/c1-3-12-8-14-15(10(2)21)17(22)19(14)16(12)18(23)26-9-11-4-6-13(7-5-11)20(24)25/h1,4-7,10,14-15,21H,8-9H2,2H3/t10-,14-,15-/m1/s1. The van der Waals surface area contributed by atoms with Crippen LogP contribution in [0.4, 0.5) is 5.69 Å². The smallest absolute Gasteiger partial charge is 0.356 e. The van der Waals surface area contributed by atoms with Gasteiger partial charge in [0.2, 0.25) is 5.91 Å². The third-order valence-corrected chi connectivity index (χ3v) is 4.61. The Bertz CT molecular complexity index is 849. The van der Waals surface area contributed by atoms with Gasteiger partial charge >= 0.3 is 5.97 Å². The first kappa shape index (κ1) is 17.6. The van der Waals surface area contributed by atoms with E-state index in [9.17, 15) is 24.8 Å². The number of hydrogen-bond acceptors (Lipinski definition) is 6. The number of hydrogen-bond donors (Lipinski definition) is 1. The molecule has 134 valence electrons. The summed E-state index contributed by atoms with van der Waals surface area (Å²) in [6.07, 6.45) is 4.97. The molecule has 1 fully saturated rings. The first-order valence-electron chi connectivity index (χ1n) is 7.96. The van der Waals surface area contributed by atoms with Crippen LogP contribution in [-0.2, 0) is 20.9 Å². The van der Waals surface area contributed by atoms with Crippen LogP contribution < -0.4 is 0 Å². The Labute approximate surface area is 149 Å². The summed E-state index contributed by atoms with van der Waals surface area (Å²) in [6, 6.07) is 5.27. The number of nitrogens with zero attached hydrogens (tertiary/aromatic N) is 2.